The summed E-state index contributed by atoms with van der Waals surface area (Å²) < 4.78 is 7.79. The first kappa shape index (κ1) is 25.1. The number of anilines is 2. The van der Waals surface area contributed by atoms with Gasteiger partial charge in [-0.15, -0.1) is 0 Å². The molecule has 4 aromatic rings. The van der Waals surface area contributed by atoms with Crippen LogP contribution in [0.3, 0.4) is 0 Å². The Balaban J connectivity index is 1.03. The van der Waals surface area contributed by atoms with Gasteiger partial charge in [-0.3, -0.25) is 14.5 Å². The maximum absolute atomic E-state index is 13.2. The summed E-state index contributed by atoms with van der Waals surface area (Å²) in [4.78, 5) is 22.5. The molecule has 3 aliphatic rings. The van der Waals surface area contributed by atoms with Crippen molar-refractivity contribution in [2.75, 3.05) is 38.2 Å². The third-order valence-electron chi connectivity index (χ3n) is 8.62. The number of pyridine rings is 1. The predicted molar refractivity (Wildman–Crippen MR) is 157 cm³/mol. The van der Waals surface area contributed by atoms with Gasteiger partial charge in [0.1, 0.15) is 12.5 Å². The van der Waals surface area contributed by atoms with Crippen molar-refractivity contribution in [2.24, 2.45) is 0 Å². The van der Waals surface area contributed by atoms with E-state index in [-0.39, 0.29) is 5.91 Å². The van der Waals surface area contributed by atoms with Gasteiger partial charge in [0, 0.05) is 54.9 Å². The summed E-state index contributed by atoms with van der Waals surface area (Å²) >= 11 is 0. The molecule has 206 valence electrons. The van der Waals surface area contributed by atoms with Crippen molar-refractivity contribution in [1.82, 2.24) is 24.5 Å². The second kappa shape index (κ2) is 10.9. The number of imidazole rings is 1. The van der Waals surface area contributed by atoms with Gasteiger partial charge < -0.3 is 19.9 Å². The standard InChI is InChI=1S/C32H36N6O2/c39-32(37-17-12-27(13-18-37)36-15-2-1-3-16-36)23-4-7-26(8-5-23)35-28-9-10-29(38-19-14-34-31(28)38)24-6-11-30-25(20-24)21-33-22-40-30/h4-11,14,19-20,27,33,35H,1-3,12-13,15-18,21-22H2. The number of hydrogen-bond acceptors (Lipinski definition) is 6. The Bertz CT molecular complexity index is 1500. The van der Waals surface area contributed by atoms with Gasteiger partial charge in [0.2, 0.25) is 0 Å². The normalized spacial score (nSPS) is 18.4. The van der Waals surface area contributed by atoms with E-state index in [0.717, 1.165) is 77.6 Å². The van der Waals surface area contributed by atoms with Gasteiger partial charge in [-0.25, -0.2) is 4.98 Å². The van der Waals surface area contributed by atoms with Crippen molar-refractivity contribution in [1.29, 1.82) is 0 Å². The molecule has 0 spiro atoms. The van der Waals surface area contributed by atoms with Crippen molar-refractivity contribution >= 4 is 22.9 Å². The number of nitrogens with zero attached hydrogens (tertiary/aromatic N) is 4. The number of carbonyl (C=O) groups is 1. The van der Waals surface area contributed by atoms with Gasteiger partial charge in [0.15, 0.2) is 5.65 Å². The number of rotatable bonds is 5. The van der Waals surface area contributed by atoms with Crippen LogP contribution < -0.4 is 15.4 Å². The molecule has 1 amide bonds. The molecular formula is C32H36N6O2. The molecule has 0 aliphatic carbocycles. The Morgan fingerprint density at radius 3 is 2.60 bits per heavy atom. The van der Waals surface area contributed by atoms with Crippen LogP contribution in [0.25, 0.3) is 16.9 Å². The third kappa shape index (κ3) is 4.93. The van der Waals surface area contributed by atoms with E-state index >= 15 is 0 Å². The fourth-order valence-corrected chi connectivity index (χ4v) is 6.43. The molecule has 2 aromatic heterocycles. The Hall–Kier alpha value is -3.88. The van der Waals surface area contributed by atoms with Gasteiger partial charge >= 0.3 is 0 Å². The first-order valence-corrected chi connectivity index (χ1v) is 14.6. The molecule has 2 aromatic carbocycles. The van der Waals surface area contributed by atoms with Crippen molar-refractivity contribution in [3.05, 3.63) is 78.1 Å². The van der Waals surface area contributed by atoms with Crippen molar-refractivity contribution in [3.8, 4) is 17.0 Å². The lowest BCUT2D eigenvalue weighted by Crippen LogP contribution is -2.48. The van der Waals surface area contributed by atoms with E-state index in [0.29, 0.717) is 12.8 Å². The van der Waals surface area contributed by atoms with Crippen LogP contribution in [0.2, 0.25) is 0 Å². The number of piperidine rings is 2. The third-order valence-corrected chi connectivity index (χ3v) is 8.62. The highest BCUT2D eigenvalue weighted by Gasteiger charge is 2.28. The molecule has 2 N–H and O–H groups in total. The fraction of sp³-hybridized carbons (Fsp3) is 0.375. The summed E-state index contributed by atoms with van der Waals surface area (Å²) in [6.45, 7) is 5.48. The van der Waals surface area contributed by atoms with E-state index in [2.05, 4.69) is 49.2 Å². The number of amides is 1. The SMILES string of the molecule is O=C(c1ccc(Nc2ccc(-c3ccc4c(c3)CNCO4)n3ccnc23)cc1)N1CCC(N2CCCCC2)CC1. The summed E-state index contributed by atoms with van der Waals surface area (Å²) in [5, 5.41) is 6.76. The van der Waals surface area contributed by atoms with Crippen LogP contribution in [0, 0.1) is 0 Å². The zero-order valence-corrected chi connectivity index (χ0v) is 22.8. The minimum Gasteiger partial charge on any atom is -0.478 e. The maximum Gasteiger partial charge on any atom is 0.253 e. The predicted octanol–water partition coefficient (Wildman–Crippen LogP) is 5.27. The number of hydrogen-bond donors (Lipinski definition) is 2. The van der Waals surface area contributed by atoms with E-state index < -0.39 is 0 Å². The van der Waals surface area contributed by atoms with Crippen LogP contribution in [0.15, 0.2) is 67.0 Å². The van der Waals surface area contributed by atoms with Gasteiger partial charge in [0.05, 0.1) is 11.4 Å². The Morgan fingerprint density at radius 2 is 1.77 bits per heavy atom. The van der Waals surface area contributed by atoms with Gasteiger partial charge in [-0.2, -0.15) is 0 Å². The van der Waals surface area contributed by atoms with Crippen LogP contribution in [0.4, 0.5) is 11.4 Å². The molecular weight excluding hydrogens is 500 g/mol. The summed E-state index contributed by atoms with van der Waals surface area (Å²) in [6.07, 6.45) is 9.97. The lowest BCUT2D eigenvalue weighted by molar-refractivity contribution is 0.0590. The molecule has 3 aliphatic heterocycles. The molecule has 8 nitrogen and oxygen atoms in total. The molecule has 40 heavy (non-hydrogen) atoms. The zero-order valence-electron chi connectivity index (χ0n) is 22.8. The van der Waals surface area contributed by atoms with E-state index in [1.165, 1.54) is 32.4 Å². The van der Waals surface area contributed by atoms with E-state index in [4.69, 9.17) is 4.74 Å². The number of ether oxygens (including phenoxy) is 1. The summed E-state index contributed by atoms with van der Waals surface area (Å²) in [5.74, 6) is 1.07. The molecule has 0 atom stereocenters. The number of carbonyl (C=O) groups excluding carboxylic acids is 1. The first-order chi connectivity index (χ1) is 19.7. The Kier molecular flexibility index (Phi) is 6.87. The maximum atomic E-state index is 13.2. The minimum atomic E-state index is 0.134. The molecule has 7 rings (SSSR count). The average molecular weight is 537 g/mol. The van der Waals surface area contributed by atoms with Crippen molar-refractivity contribution < 1.29 is 9.53 Å². The highest BCUT2D eigenvalue weighted by atomic mass is 16.5. The van der Waals surface area contributed by atoms with E-state index in [1.54, 1.807) is 0 Å². The molecule has 5 heterocycles. The molecule has 8 heteroatoms. The molecule has 0 bridgehead atoms. The van der Waals surface area contributed by atoms with Crippen LogP contribution in [0.5, 0.6) is 5.75 Å². The zero-order chi connectivity index (χ0) is 26.9. The van der Waals surface area contributed by atoms with Crippen molar-refractivity contribution in [3.63, 3.8) is 0 Å². The topological polar surface area (TPSA) is 74.1 Å². The van der Waals surface area contributed by atoms with E-state index in [1.807, 2.05) is 47.6 Å². The smallest absolute Gasteiger partial charge is 0.253 e. The fourth-order valence-electron chi connectivity index (χ4n) is 6.43. The number of fused-ring (bicyclic) bond motifs is 2. The number of benzene rings is 2. The highest BCUT2D eigenvalue weighted by molar-refractivity contribution is 5.94. The largest absolute Gasteiger partial charge is 0.478 e. The highest BCUT2D eigenvalue weighted by Crippen LogP contribution is 2.31. The quantitative estimate of drug-likeness (QED) is 0.362. The van der Waals surface area contributed by atoms with Crippen molar-refractivity contribution in [2.45, 2.75) is 44.7 Å². The molecule has 2 fully saturated rings. The lowest BCUT2D eigenvalue weighted by Gasteiger charge is -2.40. The second-order valence-electron chi connectivity index (χ2n) is 11.1. The Morgan fingerprint density at radius 1 is 0.950 bits per heavy atom. The number of nitrogens with one attached hydrogen (secondary N) is 2. The average Bonchev–Trinajstić information content (AvgIpc) is 3.52. The van der Waals surface area contributed by atoms with Gasteiger partial charge in [-0.1, -0.05) is 6.42 Å². The lowest BCUT2D eigenvalue weighted by atomic mass is 9.99. The molecule has 2 saturated heterocycles. The molecule has 0 unspecified atom stereocenters. The summed E-state index contributed by atoms with van der Waals surface area (Å²) in [6, 6.07) is 19.0. The van der Waals surface area contributed by atoms with Crippen LogP contribution >= 0.6 is 0 Å². The number of aromatic nitrogens is 2. The first-order valence-electron chi connectivity index (χ1n) is 14.6. The molecule has 0 radical (unpaired) electrons. The van der Waals surface area contributed by atoms with Crippen LogP contribution in [0.1, 0.15) is 48.0 Å². The second-order valence-corrected chi connectivity index (χ2v) is 11.1. The summed E-state index contributed by atoms with van der Waals surface area (Å²) in [7, 11) is 0. The van der Waals surface area contributed by atoms with Crippen LogP contribution in [-0.4, -0.2) is 64.0 Å². The Labute approximate surface area is 235 Å². The summed E-state index contributed by atoms with van der Waals surface area (Å²) in [5.41, 5.74) is 6.76. The van der Waals surface area contributed by atoms with Gasteiger partial charge in [0.25, 0.3) is 5.91 Å². The van der Waals surface area contributed by atoms with Crippen LogP contribution in [-0.2, 0) is 6.54 Å². The monoisotopic (exact) mass is 536 g/mol. The molecule has 0 saturated carbocycles. The minimum absolute atomic E-state index is 0.134. The van der Waals surface area contributed by atoms with E-state index in [9.17, 15) is 4.79 Å². The van der Waals surface area contributed by atoms with Gasteiger partial charge in [-0.05, 0) is 98.9 Å². The number of likely N-dealkylation sites (tertiary alicyclic amines) is 2.